The van der Waals surface area contributed by atoms with Gasteiger partial charge in [0.25, 0.3) is 0 Å². The molecule has 8 aromatic rings. The Bertz CT molecular complexity index is 2750. The minimum atomic E-state index is 0.0352. The second-order valence-electron chi connectivity index (χ2n) is 21.3. The van der Waals surface area contributed by atoms with Crippen LogP contribution in [-0.2, 0) is 21.7 Å². The predicted octanol–water partition coefficient (Wildman–Crippen LogP) is 15.7. The monoisotopic (exact) mass is 855 g/mol. The van der Waals surface area contributed by atoms with E-state index in [1.165, 1.54) is 22.3 Å². The lowest BCUT2D eigenvalue weighted by molar-refractivity contribution is 0.590. The van der Waals surface area contributed by atoms with Crippen molar-refractivity contribution in [3.63, 3.8) is 0 Å². The summed E-state index contributed by atoms with van der Waals surface area (Å²) in [4.78, 5) is 27.0. The fourth-order valence-corrected chi connectivity index (χ4v) is 7.90. The molecule has 2 heterocycles. The lowest BCUT2D eigenvalue weighted by Gasteiger charge is -2.28. The summed E-state index contributed by atoms with van der Waals surface area (Å²) in [6, 6.07) is 52.2. The molecule has 0 spiro atoms. The number of anilines is 3. The molecule has 0 fully saturated rings. The number of aromatic nitrogens is 5. The first-order valence-electron chi connectivity index (χ1n) is 22.7. The van der Waals surface area contributed by atoms with E-state index in [0.717, 1.165) is 44.9 Å². The van der Waals surface area contributed by atoms with Crippen LogP contribution in [0.3, 0.4) is 0 Å². The minimum Gasteiger partial charge on any atom is -0.311 e. The quantitative estimate of drug-likeness (QED) is 0.152. The van der Waals surface area contributed by atoms with Gasteiger partial charge in [-0.05, 0) is 97.5 Å². The Morgan fingerprint density at radius 2 is 0.600 bits per heavy atom. The molecular weight excluding hydrogens is 793 g/mol. The van der Waals surface area contributed by atoms with E-state index in [1.54, 1.807) is 0 Å². The normalized spacial score (nSPS) is 12.3. The van der Waals surface area contributed by atoms with Gasteiger partial charge in [0, 0.05) is 46.1 Å². The average Bonchev–Trinajstić information content (AvgIpc) is 3.28. The second-order valence-corrected chi connectivity index (χ2v) is 21.3. The molecule has 0 aliphatic heterocycles. The summed E-state index contributed by atoms with van der Waals surface area (Å²) >= 11 is 0. The molecule has 2 aromatic heterocycles. The van der Waals surface area contributed by atoms with Crippen LogP contribution in [0.1, 0.15) is 105 Å². The molecule has 6 aromatic carbocycles. The largest absolute Gasteiger partial charge is 0.311 e. The standard InChI is InChI=1S/C59H62N6/c1-56(2,3)45-22-16-40(17-23-45)53-62-54(41-18-24-46(25-19-41)57(4,5)6)64-55(63-53)44-37-60-52(61-38-44)43-15-13-14-42(36-43)39-20-30-49(31-21-39)65(50-32-26-47(27-33-50)58(7,8)9)51-34-28-48(29-35-51)59(10,11)12/h13-38H,1-12H3. The summed E-state index contributed by atoms with van der Waals surface area (Å²) < 4.78 is 0. The van der Waals surface area contributed by atoms with Crippen molar-refractivity contribution in [1.29, 1.82) is 0 Å². The number of rotatable bonds is 8. The Hall–Kier alpha value is -6.79. The van der Waals surface area contributed by atoms with Crippen LogP contribution in [0, 0.1) is 0 Å². The Kier molecular flexibility index (Phi) is 11.9. The van der Waals surface area contributed by atoms with Crippen LogP contribution in [0.2, 0.25) is 0 Å². The van der Waals surface area contributed by atoms with Crippen molar-refractivity contribution in [1.82, 2.24) is 24.9 Å². The fourth-order valence-electron chi connectivity index (χ4n) is 7.90. The van der Waals surface area contributed by atoms with Crippen LogP contribution in [0.15, 0.2) is 158 Å². The van der Waals surface area contributed by atoms with E-state index in [9.17, 15) is 0 Å². The maximum atomic E-state index is 4.99. The highest BCUT2D eigenvalue weighted by Gasteiger charge is 2.21. The first-order chi connectivity index (χ1) is 30.7. The summed E-state index contributed by atoms with van der Waals surface area (Å²) in [6.45, 7) is 26.8. The molecule has 0 unspecified atom stereocenters. The van der Waals surface area contributed by atoms with Crippen molar-refractivity contribution < 1.29 is 0 Å². The molecule has 328 valence electrons. The molecule has 0 aliphatic carbocycles. The summed E-state index contributed by atoms with van der Waals surface area (Å²) in [7, 11) is 0. The summed E-state index contributed by atoms with van der Waals surface area (Å²) in [5, 5.41) is 0. The van der Waals surface area contributed by atoms with Gasteiger partial charge >= 0.3 is 0 Å². The highest BCUT2D eigenvalue weighted by Crippen LogP contribution is 2.38. The van der Waals surface area contributed by atoms with Crippen molar-refractivity contribution >= 4 is 17.1 Å². The van der Waals surface area contributed by atoms with Gasteiger partial charge in [0.05, 0.1) is 5.56 Å². The van der Waals surface area contributed by atoms with Gasteiger partial charge in [-0.15, -0.1) is 0 Å². The third kappa shape index (κ3) is 10.1. The van der Waals surface area contributed by atoms with E-state index in [0.29, 0.717) is 28.9 Å². The molecule has 6 heteroatoms. The summed E-state index contributed by atoms with van der Waals surface area (Å²) in [6.07, 6.45) is 3.63. The van der Waals surface area contributed by atoms with Gasteiger partial charge in [-0.2, -0.15) is 0 Å². The highest BCUT2D eigenvalue weighted by molar-refractivity contribution is 5.79. The van der Waals surface area contributed by atoms with E-state index in [1.807, 2.05) is 12.4 Å². The third-order valence-electron chi connectivity index (χ3n) is 12.1. The zero-order valence-electron chi connectivity index (χ0n) is 40.2. The van der Waals surface area contributed by atoms with Gasteiger partial charge in [-0.3, -0.25) is 0 Å². The van der Waals surface area contributed by atoms with Crippen molar-refractivity contribution in [2.24, 2.45) is 0 Å². The van der Waals surface area contributed by atoms with E-state index in [-0.39, 0.29) is 21.7 Å². The van der Waals surface area contributed by atoms with Gasteiger partial charge in [0.1, 0.15) is 0 Å². The van der Waals surface area contributed by atoms with Crippen molar-refractivity contribution in [3.05, 3.63) is 180 Å². The maximum absolute atomic E-state index is 4.99. The molecule has 0 bridgehead atoms. The van der Waals surface area contributed by atoms with Gasteiger partial charge in [-0.1, -0.05) is 186 Å². The van der Waals surface area contributed by atoms with Crippen LogP contribution >= 0.6 is 0 Å². The molecule has 0 aliphatic rings. The van der Waals surface area contributed by atoms with E-state index in [2.05, 4.69) is 234 Å². The van der Waals surface area contributed by atoms with Crippen molar-refractivity contribution in [2.45, 2.75) is 105 Å². The fraction of sp³-hybridized carbons (Fsp3) is 0.271. The van der Waals surface area contributed by atoms with Gasteiger partial charge < -0.3 is 4.90 Å². The molecular formula is C59H62N6. The predicted molar refractivity (Wildman–Crippen MR) is 272 cm³/mol. The Balaban J connectivity index is 1.09. The zero-order chi connectivity index (χ0) is 46.3. The first kappa shape index (κ1) is 44.8. The number of hydrogen-bond donors (Lipinski definition) is 0. The molecule has 6 nitrogen and oxygen atoms in total. The van der Waals surface area contributed by atoms with Crippen LogP contribution in [0.5, 0.6) is 0 Å². The Morgan fingerprint density at radius 1 is 0.292 bits per heavy atom. The SMILES string of the molecule is CC(C)(C)c1ccc(-c2nc(-c3ccc(C(C)(C)C)cc3)nc(-c3cnc(-c4cccc(-c5ccc(N(c6ccc(C(C)(C)C)cc6)c6ccc(C(C)(C)C)cc6)cc5)c4)nc3)n2)cc1. The van der Waals surface area contributed by atoms with E-state index < -0.39 is 0 Å². The van der Waals surface area contributed by atoms with E-state index in [4.69, 9.17) is 24.9 Å². The molecule has 0 saturated carbocycles. The van der Waals surface area contributed by atoms with Crippen LogP contribution in [-0.4, -0.2) is 24.9 Å². The lowest BCUT2D eigenvalue weighted by atomic mass is 9.86. The molecule has 0 radical (unpaired) electrons. The minimum absolute atomic E-state index is 0.0352. The topological polar surface area (TPSA) is 67.7 Å². The molecule has 0 N–H and O–H groups in total. The van der Waals surface area contributed by atoms with Crippen molar-refractivity contribution in [2.75, 3.05) is 4.90 Å². The summed E-state index contributed by atoms with van der Waals surface area (Å²) in [5.41, 5.74) is 14.3. The molecule has 65 heavy (non-hydrogen) atoms. The smallest absolute Gasteiger partial charge is 0.167 e. The van der Waals surface area contributed by atoms with Crippen molar-refractivity contribution in [3.8, 4) is 56.7 Å². The van der Waals surface area contributed by atoms with Crippen LogP contribution in [0.4, 0.5) is 17.1 Å². The van der Waals surface area contributed by atoms with Gasteiger partial charge in [-0.25, -0.2) is 24.9 Å². The molecule has 0 amide bonds. The number of hydrogen-bond acceptors (Lipinski definition) is 6. The lowest BCUT2D eigenvalue weighted by Crippen LogP contribution is -2.14. The van der Waals surface area contributed by atoms with Crippen LogP contribution in [0.25, 0.3) is 56.7 Å². The van der Waals surface area contributed by atoms with E-state index >= 15 is 0 Å². The third-order valence-corrected chi connectivity index (χ3v) is 12.1. The number of benzene rings is 6. The van der Waals surface area contributed by atoms with Crippen LogP contribution < -0.4 is 4.90 Å². The average molecular weight is 855 g/mol. The highest BCUT2D eigenvalue weighted by atomic mass is 15.1. The van der Waals surface area contributed by atoms with Gasteiger partial charge in [0.2, 0.25) is 0 Å². The molecule has 8 rings (SSSR count). The number of nitrogens with zero attached hydrogens (tertiary/aromatic N) is 6. The summed E-state index contributed by atoms with van der Waals surface area (Å²) in [5.74, 6) is 2.36. The van der Waals surface area contributed by atoms with Gasteiger partial charge in [0.15, 0.2) is 23.3 Å². The second kappa shape index (κ2) is 17.3. The maximum Gasteiger partial charge on any atom is 0.167 e. The molecule has 0 atom stereocenters. The first-order valence-corrected chi connectivity index (χ1v) is 22.7. The zero-order valence-corrected chi connectivity index (χ0v) is 40.2. The molecule has 0 saturated heterocycles. The Labute approximate surface area is 387 Å². The Morgan fingerprint density at radius 3 is 0.969 bits per heavy atom.